The molecule has 25 heavy (non-hydrogen) atoms. The SMILES string of the molecule is CC(C)(CCN)OCCC(C)(C)C(=O)NCCCOc1ccccn1. The van der Waals surface area contributed by atoms with Gasteiger partial charge in [-0.1, -0.05) is 19.9 Å². The molecule has 0 atom stereocenters. The van der Waals surface area contributed by atoms with E-state index >= 15 is 0 Å². The Bertz CT molecular complexity index is 504. The van der Waals surface area contributed by atoms with Crippen LogP contribution in [0.15, 0.2) is 24.4 Å². The van der Waals surface area contributed by atoms with Gasteiger partial charge in [-0.2, -0.15) is 0 Å². The number of nitrogens with zero attached hydrogens (tertiary/aromatic N) is 1. The number of amides is 1. The van der Waals surface area contributed by atoms with Crippen LogP contribution < -0.4 is 15.8 Å². The van der Waals surface area contributed by atoms with Gasteiger partial charge in [0.2, 0.25) is 11.8 Å². The molecule has 1 aromatic rings. The molecule has 1 aromatic heterocycles. The summed E-state index contributed by atoms with van der Waals surface area (Å²) in [6.07, 6.45) is 3.89. The molecule has 1 amide bonds. The van der Waals surface area contributed by atoms with Crippen molar-refractivity contribution in [3.8, 4) is 5.88 Å². The number of carbonyl (C=O) groups is 1. The summed E-state index contributed by atoms with van der Waals surface area (Å²) in [7, 11) is 0. The van der Waals surface area contributed by atoms with Gasteiger partial charge >= 0.3 is 0 Å². The molecule has 0 aliphatic heterocycles. The summed E-state index contributed by atoms with van der Waals surface area (Å²) in [6.45, 7) is 10.2. The van der Waals surface area contributed by atoms with Crippen LogP contribution in [0, 0.1) is 5.41 Å². The van der Waals surface area contributed by atoms with E-state index in [1.54, 1.807) is 6.20 Å². The number of rotatable bonds is 12. The van der Waals surface area contributed by atoms with Crippen molar-refractivity contribution in [3.05, 3.63) is 24.4 Å². The monoisotopic (exact) mass is 351 g/mol. The molecule has 1 rings (SSSR count). The lowest BCUT2D eigenvalue weighted by Crippen LogP contribution is -2.39. The van der Waals surface area contributed by atoms with Gasteiger partial charge in [0.1, 0.15) is 0 Å². The summed E-state index contributed by atoms with van der Waals surface area (Å²) in [5, 5.41) is 2.97. The van der Waals surface area contributed by atoms with Crippen LogP contribution in [-0.4, -0.2) is 42.8 Å². The third-order valence-electron chi connectivity index (χ3n) is 4.08. The van der Waals surface area contributed by atoms with E-state index in [0.717, 1.165) is 12.8 Å². The van der Waals surface area contributed by atoms with E-state index in [2.05, 4.69) is 10.3 Å². The van der Waals surface area contributed by atoms with Gasteiger partial charge in [0, 0.05) is 30.8 Å². The first-order valence-electron chi connectivity index (χ1n) is 8.93. The molecule has 0 saturated carbocycles. The van der Waals surface area contributed by atoms with Gasteiger partial charge in [-0.25, -0.2) is 4.98 Å². The van der Waals surface area contributed by atoms with E-state index in [1.807, 2.05) is 45.9 Å². The third-order valence-corrected chi connectivity index (χ3v) is 4.08. The molecule has 0 unspecified atom stereocenters. The van der Waals surface area contributed by atoms with Gasteiger partial charge in [-0.3, -0.25) is 4.79 Å². The Morgan fingerprint density at radius 1 is 1.20 bits per heavy atom. The summed E-state index contributed by atoms with van der Waals surface area (Å²) >= 11 is 0. The molecule has 6 heteroatoms. The molecule has 1 heterocycles. The first-order chi connectivity index (χ1) is 11.8. The van der Waals surface area contributed by atoms with Crippen molar-refractivity contribution in [2.24, 2.45) is 11.1 Å². The molecule has 0 aliphatic carbocycles. The van der Waals surface area contributed by atoms with Crippen LogP contribution >= 0.6 is 0 Å². The van der Waals surface area contributed by atoms with Crippen molar-refractivity contribution in [2.45, 2.75) is 52.6 Å². The fourth-order valence-electron chi connectivity index (χ4n) is 2.24. The second-order valence-electron chi connectivity index (χ2n) is 7.41. The summed E-state index contributed by atoms with van der Waals surface area (Å²) in [4.78, 5) is 16.4. The zero-order chi connectivity index (χ0) is 18.8. The fraction of sp³-hybridized carbons (Fsp3) is 0.684. The van der Waals surface area contributed by atoms with Crippen molar-refractivity contribution in [1.82, 2.24) is 10.3 Å². The summed E-state index contributed by atoms with van der Waals surface area (Å²) in [6, 6.07) is 5.54. The second-order valence-corrected chi connectivity index (χ2v) is 7.41. The highest BCUT2D eigenvalue weighted by Gasteiger charge is 2.28. The minimum Gasteiger partial charge on any atom is -0.478 e. The lowest BCUT2D eigenvalue weighted by molar-refractivity contribution is -0.131. The zero-order valence-electron chi connectivity index (χ0n) is 16.0. The summed E-state index contributed by atoms with van der Waals surface area (Å²) < 4.78 is 11.4. The zero-order valence-corrected chi connectivity index (χ0v) is 16.0. The Morgan fingerprint density at radius 2 is 1.96 bits per heavy atom. The van der Waals surface area contributed by atoms with Gasteiger partial charge in [0.05, 0.1) is 12.2 Å². The average Bonchev–Trinajstić information content (AvgIpc) is 2.54. The van der Waals surface area contributed by atoms with Crippen molar-refractivity contribution in [3.63, 3.8) is 0 Å². The Kier molecular flexibility index (Phi) is 8.86. The molecule has 0 radical (unpaired) electrons. The number of hydrogen-bond donors (Lipinski definition) is 2. The molecule has 0 aromatic carbocycles. The lowest BCUT2D eigenvalue weighted by atomic mass is 9.88. The van der Waals surface area contributed by atoms with Crippen LogP contribution in [0.4, 0.5) is 0 Å². The molecule has 0 aliphatic rings. The van der Waals surface area contributed by atoms with Crippen molar-refractivity contribution in [2.75, 3.05) is 26.3 Å². The van der Waals surface area contributed by atoms with E-state index in [4.69, 9.17) is 15.2 Å². The Labute approximate surface area is 151 Å². The molecular weight excluding hydrogens is 318 g/mol. The predicted molar refractivity (Wildman–Crippen MR) is 99.5 cm³/mol. The first-order valence-corrected chi connectivity index (χ1v) is 8.93. The van der Waals surface area contributed by atoms with Crippen molar-refractivity contribution >= 4 is 5.91 Å². The number of aromatic nitrogens is 1. The van der Waals surface area contributed by atoms with Crippen molar-refractivity contribution in [1.29, 1.82) is 0 Å². The van der Waals surface area contributed by atoms with Crippen LogP contribution in [-0.2, 0) is 9.53 Å². The smallest absolute Gasteiger partial charge is 0.225 e. The lowest BCUT2D eigenvalue weighted by Gasteiger charge is -2.28. The first kappa shape index (κ1) is 21.4. The topological polar surface area (TPSA) is 86.5 Å². The average molecular weight is 351 g/mol. The normalized spacial score (nSPS) is 12.0. The number of pyridine rings is 1. The highest BCUT2D eigenvalue weighted by atomic mass is 16.5. The van der Waals surface area contributed by atoms with E-state index < -0.39 is 5.41 Å². The Morgan fingerprint density at radius 3 is 2.60 bits per heavy atom. The van der Waals surface area contributed by atoms with E-state index in [1.165, 1.54) is 0 Å². The minimum atomic E-state index is -0.472. The number of carbonyl (C=O) groups excluding carboxylic acids is 1. The Hall–Kier alpha value is -1.66. The van der Waals surface area contributed by atoms with Crippen LogP contribution in [0.2, 0.25) is 0 Å². The highest BCUT2D eigenvalue weighted by Crippen LogP contribution is 2.23. The number of nitrogens with one attached hydrogen (secondary N) is 1. The standard InChI is InChI=1S/C19H33N3O3/c1-18(2,10-15-25-19(3,4)9-11-20)17(23)22-13-7-14-24-16-8-5-6-12-21-16/h5-6,8,12H,7,9-11,13-15,20H2,1-4H3,(H,22,23). The molecule has 0 spiro atoms. The third kappa shape index (κ3) is 8.84. The number of hydrogen-bond acceptors (Lipinski definition) is 5. The maximum Gasteiger partial charge on any atom is 0.225 e. The van der Waals surface area contributed by atoms with Gasteiger partial charge in [0.15, 0.2) is 0 Å². The van der Waals surface area contributed by atoms with E-state index in [-0.39, 0.29) is 11.5 Å². The Balaban J connectivity index is 2.21. The summed E-state index contributed by atoms with van der Waals surface area (Å²) in [5.41, 5.74) is 4.86. The van der Waals surface area contributed by atoms with Crippen molar-refractivity contribution < 1.29 is 14.3 Å². The maximum atomic E-state index is 12.3. The van der Waals surface area contributed by atoms with Gasteiger partial charge in [-0.15, -0.1) is 0 Å². The largest absolute Gasteiger partial charge is 0.478 e. The van der Waals surface area contributed by atoms with Gasteiger partial charge in [0.25, 0.3) is 0 Å². The fourth-order valence-corrected chi connectivity index (χ4v) is 2.24. The number of ether oxygens (including phenoxy) is 2. The molecule has 6 nitrogen and oxygen atoms in total. The van der Waals surface area contributed by atoms with Crippen LogP contribution in [0.3, 0.4) is 0 Å². The van der Waals surface area contributed by atoms with Crippen LogP contribution in [0.1, 0.15) is 47.0 Å². The second kappa shape index (κ2) is 10.4. The van der Waals surface area contributed by atoms with Crippen LogP contribution in [0.5, 0.6) is 5.88 Å². The summed E-state index contributed by atoms with van der Waals surface area (Å²) in [5.74, 6) is 0.636. The molecule has 0 saturated heterocycles. The molecular formula is C19H33N3O3. The minimum absolute atomic E-state index is 0.0329. The van der Waals surface area contributed by atoms with E-state index in [9.17, 15) is 4.79 Å². The van der Waals surface area contributed by atoms with Gasteiger partial charge in [-0.05, 0) is 45.7 Å². The molecule has 0 fully saturated rings. The molecule has 0 bridgehead atoms. The molecule has 142 valence electrons. The maximum absolute atomic E-state index is 12.3. The predicted octanol–water partition coefficient (Wildman–Crippen LogP) is 2.53. The quantitative estimate of drug-likeness (QED) is 0.565. The van der Waals surface area contributed by atoms with E-state index in [0.29, 0.717) is 38.6 Å². The molecule has 3 N–H and O–H groups in total. The number of nitrogens with two attached hydrogens (primary N) is 1. The van der Waals surface area contributed by atoms with Crippen LogP contribution in [0.25, 0.3) is 0 Å². The highest BCUT2D eigenvalue weighted by molar-refractivity contribution is 5.81. The van der Waals surface area contributed by atoms with Gasteiger partial charge < -0.3 is 20.5 Å².